The Balaban J connectivity index is 2.14. The third-order valence-electron chi connectivity index (χ3n) is 3.61. The number of rotatable bonds is 6. The van der Waals surface area contributed by atoms with Crippen molar-refractivity contribution >= 4 is 5.91 Å². The van der Waals surface area contributed by atoms with Gasteiger partial charge in [-0.3, -0.25) is 4.79 Å². The van der Waals surface area contributed by atoms with Crippen molar-refractivity contribution < 1.29 is 9.90 Å². The molecule has 1 amide bonds. The van der Waals surface area contributed by atoms with Gasteiger partial charge in [0.2, 0.25) is 5.91 Å². The average Bonchev–Trinajstić information content (AvgIpc) is 2.33. The number of aliphatic hydroxyl groups excluding tert-OH is 1. The van der Waals surface area contributed by atoms with Gasteiger partial charge >= 0.3 is 0 Å². The molecule has 1 heterocycles. The first kappa shape index (κ1) is 15.4. The molecule has 0 aliphatic carbocycles. The summed E-state index contributed by atoms with van der Waals surface area (Å²) in [7, 11) is 0. The van der Waals surface area contributed by atoms with Crippen LogP contribution in [0.2, 0.25) is 0 Å². The molecule has 1 aliphatic heterocycles. The van der Waals surface area contributed by atoms with E-state index < -0.39 is 0 Å². The molecule has 2 atom stereocenters. The monoisotopic (exact) mass is 256 g/mol. The number of amides is 1. The number of carbonyl (C=O) groups is 1. The van der Waals surface area contributed by atoms with Crippen molar-refractivity contribution in [2.75, 3.05) is 19.7 Å². The number of hydrogen-bond donors (Lipinski definition) is 3. The van der Waals surface area contributed by atoms with Gasteiger partial charge in [-0.2, -0.15) is 0 Å². The summed E-state index contributed by atoms with van der Waals surface area (Å²) in [6.45, 7) is 3.94. The molecule has 0 aromatic heterocycles. The highest BCUT2D eigenvalue weighted by atomic mass is 16.3. The van der Waals surface area contributed by atoms with Crippen LogP contribution in [-0.4, -0.2) is 36.8 Å². The Morgan fingerprint density at radius 1 is 1.39 bits per heavy atom. The van der Waals surface area contributed by atoms with Crippen LogP contribution >= 0.6 is 0 Å². The van der Waals surface area contributed by atoms with Crippen molar-refractivity contribution in [3.8, 4) is 0 Å². The van der Waals surface area contributed by atoms with E-state index >= 15 is 0 Å². The van der Waals surface area contributed by atoms with E-state index in [1.165, 1.54) is 19.3 Å². The second-order valence-corrected chi connectivity index (χ2v) is 5.43. The second kappa shape index (κ2) is 9.34. The van der Waals surface area contributed by atoms with E-state index in [2.05, 4.69) is 10.6 Å². The van der Waals surface area contributed by atoms with Gasteiger partial charge in [0, 0.05) is 13.2 Å². The average molecular weight is 256 g/mol. The third kappa shape index (κ3) is 6.36. The molecular weight excluding hydrogens is 228 g/mol. The fraction of sp³-hybridized carbons (Fsp3) is 0.929. The molecule has 4 heteroatoms. The first-order valence-electron chi connectivity index (χ1n) is 7.36. The van der Waals surface area contributed by atoms with Gasteiger partial charge < -0.3 is 15.7 Å². The lowest BCUT2D eigenvalue weighted by molar-refractivity contribution is -0.123. The number of hydrogen-bond acceptors (Lipinski definition) is 3. The van der Waals surface area contributed by atoms with Gasteiger partial charge in [0.1, 0.15) is 0 Å². The lowest BCUT2D eigenvalue weighted by atomic mass is 10.0. The summed E-state index contributed by atoms with van der Waals surface area (Å²) < 4.78 is 0. The predicted molar refractivity (Wildman–Crippen MR) is 73.4 cm³/mol. The molecule has 2 unspecified atom stereocenters. The van der Waals surface area contributed by atoms with E-state index in [9.17, 15) is 4.79 Å². The Morgan fingerprint density at radius 3 is 2.94 bits per heavy atom. The molecule has 0 bridgehead atoms. The maximum absolute atomic E-state index is 12.0. The van der Waals surface area contributed by atoms with Crippen LogP contribution in [-0.2, 0) is 4.79 Å². The van der Waals surface area contributed by atoms with Crippen LogP contribution in [0.15, 0.2) is 0 Å². The van der Waals surface area contributed by atoms with Crippen molar-refractivity contribution in [1.82, 2.24) is 10.6 Å². The Morgan fingerprint density at radius 2 is 2.17 bits per heavy atom. The smallest absolute Gasteiger partial charge is 0.237 e. The van der Waals surface area contributed by atoms with Gasteiger partial charge in [0.25, 0.3) is 0 Å². The van der Waals surface area contributed by atoms with Crippen LogP contribution in [0.5, 0.6) is 0 Å². The summed E-state index contributed by atoms with van der Waals surface area (Å²) in [6, 6.07) is 0.000523. The van der Waals surface area contributed by atoms with Crippen molar-refractivity contribution in [3.63, 3.8) is 0 Å². The molecule has 0 aromatic rings. The molecule has 1 rings (SSSR count). The molecule has 0 saturated carbocycles. The van der Waals surface area contributed by atoms with Crippen LogP contribution < -0.4 is 10.6 Å². The molecule has 18 heavy (non-hydrogen) atoms. The number of carbonyl (C=O) groups excluding carboxylic acids is 1. The lowest BCUT2D eigenvalue weighted by Gasteiger charge is -2.20. The van der Waals surface area contributed by atoms with Crippen molar-refractivity contribution in [1.29, 1.82) is 0 Å². The Kier molecular flexibility index (Phi) is 8.01. The maximum atomic E-state index is 12.0. The minimum Gasteiger partial charge on any atom is -0.396 e. The van der Waals surface area contributed by atoms with Gasteiger partial charge in [-0.25, -0.2) is 0 Å². The van der Waals surface area contributed by atoms with Crippen LogP contribution in [0, 0.1) is 5.92 Å². The van der Waals surface area contributed by atoms with Gasteiger partial charge in [-0.1, -0.05) is 26.2 Å². The molecule has 1 aliphatic rings. The van der Waals surface area contributed by atoms with E-state index in [1.807, 2.05) is 6.92 Å². The third-order valence-corrected chi connectivity index (χ3v) is 3.61. The molecule has 0 radical (unpaired) electrons. The van der Waals surface area contributed by atoms with Crippen molar-refractivity contribution in [3.05, 3.63) is 0 Å². The molecular formula is C14H28N2O2. The zero-order chi connectivity index (χ0) is 13.2. The normalized spacial score (nSPS) is 22.9. The Hall–Kier alpha value is -0.610. The standard InChI is InChI=1S/C14H28N2O2/c1-12(11-17)7-6-10-16-14(18)13-8-4-2-3-5-9-15-13/h12-13,15,17H,2-11H2,1H3,(H,16,18). The summed E-state index contributed by atoms with van der Waals surface area (Å²) in [5.74, 6) is 0.481. The summed E-state index contributed by atoms with van der Waals surface area (Å²) in [4.78, 5) is 12.0. The largest absolute Gasteiger partial charge is 0.396 e. The molecule has 3 N–H and O–H groups in total. The molecule has 4 nitrogen and oxygen atoms in total. The van der Waals surface area contributed by atoms with Crippen LogP contribution in [0.25, 0.3) is 0 Å². The zero-order valence-electron chi connectivity index (χ0n) is 11.6. The summed E-state index contributed by atoms with van der Waals surface area (Å²) in [5.41, 5.74) is 0. The SMILES string of the molecule is CC(CO)CCCNC(=O)C1CCCCCCN1. The molecule has 0 aromatic carbocycles. The molecule has 1 fully saturated rings. The summed E-state index contributed by atoms with van der Waals surface area (Å²) >= 11 is 0. The predicted octanol–water partition coefficient (Wildman–Crippen LogP) is 1.43. The van der Waals surface area contributed by atoms with Gasteiger partial charge in [0.15, 0.2) is 0 Å². The summed E-state index contributed by atoms with van der Waals surface area (Å²) in [6.07, 6.45) is 7.72. The Bertz CT molecular complexity index is 226. The van der Waals surface area contributed by atoms with Gasteiger partial charge in [-0.05, 0) is 38.1 Å². The fourth-order valence-corrected chi connectivity index (χ4v) is 2.31. The highest BCUT2D eigenvalue weighted by molar-refractivity contribution is 5.81. The van der Waals surface area contributed by atoms with E-state index in [0.29, 0.717) is 5.92 Å². The lowest BCUT2D eigenvalue weighted by Crippen LogP contribution is -2.45. The van der Waals surface area contributed by atoms with E-state index in [0.717, 1.165) is 38.8 Å². The highest BCUT2D eigenvalue weighted by Crippen LogP contribution is 2.09. The minimum absolute atomic E-state index is 0.000523. The van der Waals surface area contributed by atoms with Crippen LogP contribution in [0.1, 0.15) is 51.9 Å². The van der Waals surface area contributed by atoms with Crippen LogP contribution in [0.3, 0.4) is 0 Å². The van der Waals surface area contributed by atoms with Gasteiger partial charge in [0.05, 0.1) is 6.04 Å². The quantitative estimate of drug-likeness (QED) is 0.630. The highest BCUT2D eigenvalue weighted by Gasteiger charge is 2.17. The number of nitrogens with one attached hydrogen (secondary N) is 2. The topological polar surface area (TPSA) is 61.4 Å². The first-order chi connectivity index (χ1) is 8.74. The van der Waals surface area contributed by atoms with Gasteiger partial charge in [-0.15, -0.1) is 0 Å². The zero-order valence-corrected chi connectivity index (χ0v) is 11.6. The van der Waals surface area contributed by atoms with Crippen LogP contribution in [0.4, 0.5) is 0 Å². The number of aliphatic hydroxyl groups is 1. The summed E-state index contributed by atoms with van der Waals surface area (Å²) in [5, 5.41) is 15.2. The Labute approximate surface area is 111 Å². The van der Waals surface area contributed by atoms with E-state index in [-0.39, 0.29) is 18.6 Å². The minimum atomic E-state index is 0.000523. The van der Waals surface area contributed by atoms with Crippen molar-refractivity contribution in [2.45, 2.75) is 57.9 Å². The first-order valence-corrected chi connectivity index (χ1v) is 7.36. The molecule has 0 spiro atoms. The molecule has 1 saturated heterocycles. The second-order valence-electron chi connectivity index (χ2n) is 5.43. The van der Waals surface area contributed by atoms with Crippen molar-refractivity contribution in [2.24, 2.45) is 5.92 Å². The fourth-order valence-electron chi connectivity index (χ4n) is 2.31. The van der Waals surface area contributed by atoms with E-state index in [1.54, 1.807) is 0 Å². The molecule has 106 valence electrons. The maximum Gasteiger partial charge on any atom is 0.237 e. The van der Waals surface area contributed by atoms with E-state index in [4.69, 9.17) is 5.11 Å².